The fourth-order valence-electron chi connectivity index (χ4n) is 3.03. The Balaban J connectivity index is 2.25. The number of nitriles is 1. The van der Waals surface area contributed by atoms with E-state index < -0.39 is 0 Å². The molecule has 19 heavy (non-hydrogen) atoms. The fraction of sp³-hybridized carbons (Fsp3) is 0.562. The van der Waals surface area contributed by atoms with E-state index in [1.807, 2.05) is 13.0 Å². The number of anilines is 1. The van der Waals surface area contributed by atoms with Gasteiger partial charge in [0.2, 0.25) is 0 Å². The average molecular weight is 257 g/mol. The molecule has 0 atom stereocenters. The molecule has 0 heterocycles. The molecule has 0 unspecified atom stereocenters. The second-order valence-electron chi connectivity index (χ2n) is 5.49. The van der Waals surface area contributed by atoms with Gasteiger partial charge in [0, 0.05) is 18.6 Å². The lowest BCUT2D eigenvalue weighted by Crippen LogP contribution is -2.41. The van der Waals surface area contributed by atoms with Gasteiger partial charge in [-0.15, -0.1) is 0 Å². The summed E-state index contributed by atoms with van der Waals surface area (Å²) in [6.07, 6.45) is 4.45. The lowest BCUT2D eigenvalue weighted by atomic mass is 9.90. The molecular formula is C16H23N3. The van der Waals surface area contributed by atoms with E-state index >= 15 is 0 Å². The molecule has 0 saturated heterocycles. The van der Waals surface area contributed by atoms with Crippen molar-refractivity contribution in [1.29, 1.82) is 5.26 Å². The predicted octanol–water partition coefficient (Wildman–Crippen LogP) is 2.96. The van der Waals surface area contributed by atoms with Gasteiger partial charge in [0.05, 0.1) is 11.3 Å². The van der Waals surface area contributed by atoms with E-state index in [0.717, 1.165) is 49.0 Å². The molecule has 1 fully saturated rings. The Hall–Kier alpha value is -1.53. The van der Waals surface area contributed by atoms with Crippen LogP contribution in [0.3, 0.4) is 0 Å². The highest BCUT2D eigenvalue weighted by molar-refractivity contribution is 5.61. The molecule has 1 aromatic rings. The van der Waals surface area contributed by atoms with E-state index in [1.54, 1.807) is 0 Å². The SMILES string of the molecule is CCN(c1ccc(C)cc1C#N)C1CCC(N)CC1. The van der Waals surface area contributed by atoms with Crippen molar-refractivity contribution in [2.45, 2.75) is 51.6 Å². The van der Waals surface area contributed by atoms with Crippen molar-refractivity contribution in [3.63, 3.8) is 0 Å². The number of aryl methyl sites for hydroxylation is 1. The first kappa shape index (κ1) is 13.9. The Morgan fingerprint density at radius 3 is 2.58 bits per heavy atom. The van der Waals surface area contributed by atoms with Crippen molar-refractivity contribution in [3.05, 3.63) is 29.3 Å². The molecule has 0 spiro atoms. The fourth-order valence-corrected chi connectivity index (χ4v) is 3.03. The molecule has 0 amide bonds. The number of nitrogens with two attached hydrogens (primary N) is 1. The zero-order chi connectivity index (χ0) is 13.8. The van der Waals surface area contributed by atoms with E-state index in [1.165, 1.54) is 0 Å². The molecule has 1 aliphatic rings. The highest BCUT2D eigenvalue weighted by atomic mass is 15.2. The van der Waals surface area contributed by atoms with Gasteiger partial charge >= 0.3 is 0 Å². The summed E-state index contributed by atoms with van der Waals surface area (Å²) in [5.41, 5.74) is 8.99. The van der Waals surface area contributed by atoms with Crippen LogP contribution in [-0.4, -0.2) is 18.6 Å². The van der Waals surface area contributed by atoms with Crippen molar-refractivity contribution in [2.24, 2.45) is 5.73 Å². The third-order valence-electron chi connectivity index (χ3n) is 4.10. The Bertz CT molecular complexity index is 467. The molecule has 3 heteroatoms. The van der Waals surface area contributed by atoms with Crippen molar-refractivity contribution >= 4 is 5.69 Å². The number of hydrogen-bond donors (Lipinski definition) is 1. The third kappa shape index (κ3) is 3.08. The van der Waals surface area contributed by atoms with E-state index in [-0.39, 0.29) is 0 Å². The van der Waals surface area contributed by atoms with Crippen LogP contribution < -0.4 is 10.6 Å². The van der Waals surface area contributed by atoms with Crippen molar-refractivity contribution < 1.29 is 0 Å². The van der Waals surface area contributed by atoms with Crippen LogP contribution in [0.15, 0.2) is 18.2 Å². The third-order valence-corrected chi connectivity index (χ3v) is 4.10. The summed E-state index contributed by atoms with van der Waals surface area (Å²) in [5, 5.41) is 9.33. The first-order valence-electron chi connectivity index (χ1n) is 7.18. The number of rotatable bonds is 3. The smallest absolute Gasteiger partial charge is 0.101 e. The topological polar surface area (TPSA) is 53.0 Å². The van der Waals surface area contributed by atoms with E-state index in [0.29, 0.717) is 12.1 Å². The zero-order valence-corrected chi connectivity index (χ0v) is 11.9. The van der Waals surface area contributed by atoms with Gasteiger partial charge in [0.1, 0.15) is 6.07 Å². The molecule has 1 saturated carbocycles. The maximum atomic E-state index is 9.33. The molecule has 3 nitrogen and oxygen atoms in total. The average Bonchev–Trinajstić information content (AvgIpc) is 2.43. The van der Waals surface area contributed by atoms with Gasteiger partial charge < -0.3 is 10.6 Å². The molecule has 1 aromatic carbocycles. The molecule has 2 N–H and O–H groups in total. The number of hydrogen-bond acceptors (Lipinski definition) is 3. The summed E-state index contributed by atoms with van der Waals surface area (Å²) in [5.74, 6) is 0. The normalized spacial score (nSPS) is 22.8. The monoisotopic (exact) mass is 257 g/mol. The van der Waals surface area contributed by atoms with E-state index in [9.17, 15) is 5.26 Å². The van der Waals surface area contributed by atoms with Crippen LogP contribution in [-0.2, 0) is 0 Å². The Morgan fingerprint density at radius 1 is 1.32 bits per heavy atom. The van der Waals surface area contributed by atoms with Crippen LogP contribution in [0.1, 0.15) is 43.7 Å². The van der Waals surface area contributed by atoms with Gasteiger partial charge in [-0.3, -0.25) is 0 Å². The minimum absolute atomic E-state index is 0.364. The van der Waals surface area contributed by atoms with Crippen LogP contribution in [0, 0.1) is 18.3 Å². The van der Waals surface area contributed by atoms with Gasteiger partial charge in [-0.1, -0.05) is 6.07 Å². The minimum atomic E-state index is 0.364. The molecule has 0 aromatic heterocycles. The van der Waals surface area contributed by atoms with Gasteiger partial charge in [-0.2, -0.15) is 5.26 Å². The molecule has 1 aliphatic carbocycles. The number of nitrogens with zero attached hydrogens (tertiary/aromatic N) is 2. The van der Waals surface area contributed by atoms with Crippen LogP contribution in [0.4, 0.5) is 5.69 Å². The summed E-state index contributed by atoms with van der Waals surface area (Å²) in [4.78, 5) is 2.38. The number of benzene rings is 1. The quantitative estimate of drug-likeness (QED) is 0.905. The van der Waals surface area contributed by atoms with Crippen molar-refractivity contribution in [1.82, 2.24) is 0 Å². The zero-order valence-electron chi connectivity index (χ0n) is 11.9. The molecule has 0 radical (unpaired) electrons. The minimum Gasteiger partial charge on any atom is -0.368 e. The van der Waals surface area contributed by atoms with Gasteiger partial charge in [-0.25, -0.2) is 0 Å². The van der Waals surface area contributed by atoms with Gasteiger partial charge in [-0.05, 0) is 57.2 Å². The highest BCUT2D eigenvalue weighted by Gasteiger charge is 2.24. The Kier molecular flexibility index (Phi) is 4.44. The highest BCUT2D eigenvalue weighted by Crippen LogP contribution is 2.29. The van der Waals surface area contributed by atoms with Crippen LogP contribution in [0.2, 0.25) is 0 Å². The van der Waals surface area contributed by atoms with Crippen molar-refractivity contribution in [2.75, 3.05) is 11.4 Å². The standard InChI is InChI=1S/C16H23N3/c1-3-19(15-7-5-14(18)6-8-15)16-9-4-12(2)10-13(16)11-17/h4,9-10,14-15H,3,5-8,18H2,1-2H3. The van der Waals surface area contributed by atoms with Gasteiger partial charge in [0.25, 0.3) is 0 Å². The second-order valence-corrected chi connectivity index (χ2v) is 5.49. The maximum absolute atomic E-state index is 9.33. The van der Waals surface area contributed by atoms with Crippen LogP contribution >= 0.6 is 0 Å². The van der Waals surface area contributed by atoms with Crippen LogP contribution in [0.25, 0.3) is 0 Å². The summed E-state index contributed by atoms with van der Waals surface area (Å²) in [6, 6.07) is 9.38. The largest absolute Gasteiger partial charge is 0.368 e. The first-order chi connectivity index (χ1) is 9.15. The van der Waals surface area contributed by atoms with Crippen LogP contribution in [0.5, 0.6) is 0 Å². The summed E-state index contributed by atoms with van der Waals surface area (Å²) < 4.78 is 0. The predicted molar refractivity (Wildman–Crippen MR) is 79.1 cm³/mol. The molecule has 0 bridgehead atoms. The first-order valence-corrected chi connectivity index (χ1v) is 7.18. The molecule has 2 rings (SSSR count). The van der Waals surface area contributed by atoms with Crippen molar-refractivity contribution in [3.8, 4) is 6.07 Å². The Morgan fingerprint density at radius 2 is 2.00 bits per heavy atom. The van der Waals surface area contributed by atoms with Gasteiger partial charge in [0.15, 0.2) is 0 Å². The maximum Gasteiger partial charge on any atom is 0.101 e. The second kappa shape index (κ2) is 6.08. The summed E-state index contributed by atoms with van der Waals surface area (Å²) in [6.45, 7) is 5.13. The van der Waals surface area contributed by atoms with E-state index in [4.69, 9.17) is 5.73 Å². The lowest BCUT2D eigenvalue weighted by molar-refractivity contribution is 0.378. The molecule has 102 valence electrons. The summed E-state index contributed by atoms with van der Waals surface area (Å²) in [7, 11) is 0. The van der Waals surface area contributed by atoms with E-state index in [2.05, 4.69) is 30.0 Å². The molecule has 0 aliphatic heterocycles. The molecular weight excluding hydrogens is 234 g/mol. The Labute approximate surface area is 116 Å². The lowest BCUT2D eigenvalue weighted by Gasteiger charge is -2.37. The summed E-state index contributed by atoms with van der Waals surface area (Å²) >= 11 is 0.